The molecule has 105 heavy (non-hydrogen) atoms. The van der Waals surface area contributed by atoms with Crippen molar-refractivity contribution in [3.63, 3.8) is 0 Å². The molecular weight excluding hydrogens is 1280 g/mol. The zero-order valence-corrected chi connectivity index (χ0v) is 62.5. The highest BCUT2D eigenvalue weighted by Crippen LogP contribution is 2.30. The first-order chi connectivity index (χ1) is 51.1. The number of rotatable bonds is 8. The highest BCUT2D eigenvalue weighted by molar-refractivity contribution is 5.90. The second kappa shape index (κ2) is 33.8. The number of aromatic nitrogens is 8. The van der Waals surface area contributed by atoms with E-state index in [0.29, 0.717) is 0 Å². The van der Waals surface area contributed by atoms with Gasteiger partial charge in [0.15, 0.2) is 32.7 Å². The molecule has 9 heteroatoms. The predicted octanol–water partition coefficient (Wildman–Crippen LogP) is 19.6. The smallest absolute Gasteiger partial charge is 0.248 e. The van der Waals surface area contributed by atoms with Gasteiger partial charge in [-0.2, -0.15) is 9.13 Å². The van der Waals surface area contributed by atoms with Crippen LogP contribution in [0.5, 0.6) is 0 Å². The highest BCUT2D eigenvalue weighted by Gasteiger charge is 2.21. The van der Waals surface area contributed by atoms with Crippen LogP contribution >= 0.6 is 0 Å². The van der Waals surface area contributed by atoms with E-state index >= 15 is 0 Å². The molecule has 7 aromatic heterocycles. The molecule has 9 nitrogen and oxygen atoms in total. The van der Waals surface area contributed by atoms with Gasteiger partial charge in [-0.25, -0.2) is 9.13 Å². The van der Waals surface area contributed by atoms with Crippen LogP contribution in [0.25, 0.3) is 112 Å². The molecule has 17 rings (SSSR count). The number of hydrogen-bond acceptors (Lipinski definition) is 1. The van der Waals surface area contributed by atoms with E-state index in [0.717, 1.165) is 17.0 Å². The zero-order valence-electron chi connectivity index (χ0n) is 62.5. The Hall–Kier alpha value is -12.7. The van der Waals surface area contributed by atoms with E-state index in [-0.39, 0.29) is 0 Å². The van der Waals surface area contributed by atoms with Crippen molar-refractivity contribution in [2.24, 2.45) is 42.3 Å². The van der Waals surface area contributed by atoms with Crippen molar-refractivity contribution >= 4 is 32.6 Å². The highest BCUT2D eigenvalue weighted by atomic mass is 16.3. The number of aryl methyl sites for hydroxylation is 11. The summed E-state index contributed by atoms with van der Waals surface area (Å²) in [6.45, 7) is 12.9. The molecule has 0 saturated carbocycles. The van der Waals surface area contributed by atoms with Gasteiger partial charge < -0.3 is 4.42 Å². The molecule has 0 N–H and O–H groups in total. The molecule has 0 aliphatic carbocycles. The third-order valence-corrected chi connectivity index (χ3v) is 19.6. The lowest BCUT2D eigenvalue weighted by Crippen LogP contribution is -2.38. The third kappa shape index (κ3) is 16.8. The summed E-state index contributed by atoms with van der Waals surface area (Å²) in [4.78, 5) is 0. The largest absolute Gasteiger partial charge is 0.458 e. The summed E-state index contributed by atoms with van der Waals surface area (Å²) in [7, 11) is 12.5. The molecule has 10 aromatic carbocycles. The Kier molecular flexibility index (Phi) is 23.2. The monoisotopic (exact) mass is 1370 g/mol. The first kappa shape index (κ1) is 72.1. The summed E-state index contributed by atoms with van der Waals surface area (Å²) in [6, 6.07) is 110. The molecule has 0 aliphatic heterocycles. The number of pyridine rings is 4. The molecular formula is C96H94N8O+6. The lowest BCUT2D eigenvalue weighted by Gasteiger charge is -2.07. The van der Waals surface area contributed by atoms with E-state index in [2.05, 4.69) is 442 Å². The third-order valence-electron chi connectivity index (χ3n) is 19.6. The number of para-hydroxylation sites is 4. The topological polar surface area (TPSA) is 46.3 Å². The van der Waals surface area contributed by atoms with Gasteiger partial charge in [-0.15, -0.1) is 18.7 Å². The van der Waals surface area contributed by atoms with Gasteiger partial charge in [0.1, 0.15) is 39.6 Å². The van der Waals surface area contributed by atoms with Crippen molar-refractivity contribution in [2.75, 3.05) is 0 Å². The first-order valence-corrected chi connectivity index (χ1v) is 35.8. The van der Waals surface area contributed by atoms with Crippen molar-refractivity contribution in [3.05, 3.63) is 386 Å². The van der Waals surface area contributed by atoms with E-state index in [9.17, 15) is 0 Å². The summed E-state index contributed by atoms with van der Waals surface area (Å²) in [5.74, 6) is 0.943. The van der Waals surface area contributed by atoms with E-state index in [1.54, 1.807) is 6.26 Å². The fourth-order valence-corrected chi connectivity index (χ4v) is 13.7. The second-order valence-corrected chi connectivity index (χ2v) is 26.6. The van der Waals surface area contributed by atoms with E-state index in [4.69, 9.17) is 4.42 Å². The molecule has 17 aromatic rings. The van der Waals surface area contributed by atoms with E-state index < -0.39 is 0 Å². The Bertz CT molecular complexity index is 5790. The maximum absolute atomic E-state index is 5.56. The molecule has 0 aliphatic rings. The minimum Gasteiger partial charge on any atom is -0.458 e. The van der Waals surface area contributed by atoms with Gasteiger partial charge >= 0.3 is 0 Å². The summed E-state index contributed by atoms with van der Waals surface area (Å²) >= 11 is 0. The molecule has 0 bridgehead atoms. The number of hydrogen-bond donors (Lipinski definition) is 0. The summed E-state index contributed by atoms with van der Waals surface area (Å²) < 4.78 is 22.9. The maximum atomic E-state index is 5.56. The fraction of sp³-hybridized carbons (Fsp3) is 0.125. The standard InChI is InChI=1S/2C19H18N.C17H16N.C15H15N2.C15H14NO.C11H13N2/c1-15-9-6-7-12-17(15)19-14-8-13-18(20(19)2)16-10-4-3-5-11-16;1-15-14-17(16-8-4-3-5-9-16)11-12-18(15)19-10-6-7-13-20(19)2;1-13-15-8-4-3-7-14(15)10-11-16(13)17-9-5-6-12-18(17)2;1-12-7-3-5-9-14(12)17-11-13-8-4-6-10-15(13)16(17)2;1-11-9-10-17-15(11)14-8-7-12-5-3-4-6-13(12)16(14)2;1-10-6-3-4-7-11(10)13-9-5-8-12(13)2/h2*3-14H,1-2H3;3-12H,1-2H3;3-11H,1-2H3;3-10H,1-2H3;3-9H,1-2H3/q6*+1. The molecule has 0 spiro atoms. The van der Waals surface area contributed by atoms with Crippen LogP contribution < -0.4 is 27.6 Å². The quantitative estimate of drug-likeness (QED) is 0.140. The summed E-state index contributed by atoms with van der Waals surface area (Å²) in [5, 5.41) is 5.14. The molecule has 0 amide bonds. The number of nitrogens with zero attached hydrogens (tertiary/aromatic N) is 8. The van der Waals surface area contributed by atoms with Crippen LogP contribution in [-0.4, -0.2) is 9.36 Å². The second-order valence-electron chi connectivity index (χ2n) is 26.6. The van der Waals surface area contributed by atoms with E-state index in [1.807, 2.05) is 25.4 Å². The van der Waals surface area contributed by atoms with Crippen molar-refractivity contribution in [1.82, 2.24) is 9.36 Å². The Morgan fingerprint density at radius 2 is 0.810 bits per heavy atom. The van der Waals surface area contributed by atoms with Crippen LogP contribution in [-0.2, 0) is 42.3 Å². The minimum absolute atomic E-state index is 0.943. The normalized spacial score (nSPS) is 10.7. The van der Waals surface area contributed by atoms with Crippen LogP contribution in [0.15, 0.2) is 357 Å². The van der Waals surface area contributed by atoms with Crippen LogP contribution in [0.1, 0.15) is 33.4 Å². The Balaban J connectivity index is 0.000000119. The van der Waals surface area contributed by atoms with Crippen LogP contribution in [0.2, 0.25) is 0 Å². The number of benzene rings is 10. The number of furan rings is 1. The Morgan fingerprint density at radius 3 is 1.42 bits per heavy atom. The average Bonchev–Trinajstić information content (AvgIpc) is 1.75. The SMILES string of the molecule is Cc1c(-c2cccc[n+]2C)ccc2ccccc12.Cc1cc(-c2ccccc2)ccc1-c1cccc[n+]1C.Cc1ccccc1-c1cccc(-c2ccccc2)[n+]1C.Cc1ccccc1-n1cc2ccccc2[n+]1C.Cc1ccccc1-n1ccc[n+]1C.Cc1ccoc1-c1ccc2ccccc2[n+]1C. The molecule has 7 heterocycles. The lowest BCUT2D eigenvalue weighted by atomic mass is 9.98. The predicted molar refractivity (Wildman–Crippen MR) is 430 cm³/mol. The average molecular weight is 1380 g/mol. The van der Waals surface area contributed by atoms with Gasteiger partial charge in [0.2, 0.25) is 45.3 Å². The van der Waals surface area contributed by atoms with Crippen LogP contribution in [0.4, 0.5) is 0 Å². The molecule has 0 fully saturated rings. The van der Waals surface area contributed by atoms with Crippen molar-refractivity contribution in [1.29, 1.82) is 0 Å². The summed E-state index contributed by atoms with van der Waals surface area (Å²) in [6.07, 6.45) is 12.2. The molecule has 0 radical (unpaired) electrons. The van der Waals surface area contributed by atoms with Crippen LogP contribution in [0.3, 0.4) is 0 Å². The van der Waals surface area contributed by atoms with E-state index in [1.165, 1.54) is 128 Å². The van der Waals surface area contributed by atoms with Gasteiger partial charge in [0, 0.05) is 93.9 Å². The molecule has 0 atom stereocenters. The fourth-order valence-electron chi connectivity index (χ4n) is 13.7. The molecule has 0 saturated heterocycles. The molecule has 0 unspecified atom stereocenters. The Morgan fingerprint density at radius 1 is 0.295 bits per heavy atom. The number of fused-ring (bicyclic) bond motifs is 3. The summed E-state index contributed by atoms with van der Waals surface area (Å²) in [5.41, 5.74) is 26.3. The van der Waals surface area contributed by atoms with Gasteiger partial charge in [0.05, 0.1) is 24.0 Å². The van der Waals surface area contributed by atoms with Gasteiger partial charge in [-0.05, 0) is 176 Å². The maximum Gasteiger partial charge on any atom is 0.248 e. The van der Waals surface area contributed by atoms with Gasteiger partial charge in [-0.1, -0.05) is 170 Å². The minimum atomic E-state index is 0.943. The molecule has 518 valence electrons. The van der Waals surface area contributed by atoms with Crippen LogP contribution in [0, 0.1) is 41.5 Å². The lowest BCUT2D eigenvalue weighted by molar-refractivity contribution is -0.744. The van der Waals surface area contributed by atoms with Gasteiger partial charge in [-0.3, -0.25) is 0 Å². The zero-order chi connectivity index (χ0) is 73.3. The van der Waals surface area contributed by atoms with Crippen molar-refractivity contribution in [2.45, 2.75) is 41.5 Å². The van der Waals surface area contributed by atoms with Crippen molar-refractivity contribution < 1.29 is 32.0 Å². The van der Waals surface area contributed by atoms with Crippen molar-refractivity contribution in [3.8, 4) is 79.0 Å². The van der Waals surface area contributed by atoms with Gasteiger partial charge in [0.25, 0.3) is 0 Å². The Labute approximate surface area is 619 Å². The first-order valence-electron chi connectivity index (χ1n) is 35.8.